The second-order valence-electron chi connectivity index (χ2n) is 4.14. The summed E-state index contributed by atoms with van der Waals surface area (Å²) in [6.45, 7) is 2.20. The number of nitrogens with one attached hydrogen (secondary N) is 1. The average molecular weight is 416 g/mol. The van der Waals surface area contributed by atoms with Gasteiger partial charge in [0.15, 0.2) is 0 Å². The van der Waals surface area contributed by atoms with Crippen LogP contribution in [0.2, 0.25) is 0 Å². The molecule has 2 aromatic carbocycles. The number of benzene rings is 2. The highest BCUT2D eigenvalue weighted by atomic mass is 127. The van der Waals surface area contributed by atoms with Crippen LogP contribution in [-0.4, -0.2) is 0 Å². The Hall–Kier alpha value is -0.550. The Morgan fingerprint density at radius 2 is 1.78 bits per heavy atom. The summed E-state index contributed by atoms with van der Waals surface area (Å²) in [7, 11) is 0. The van der Waals surface area contributed by atoms with Gasteiger partial charge in [-0.1, -0.05) is 47.1 Å². The number of rotatable bonds is 4. The molecule has 0 saturated carbocycles. The van der Waals surface area contributed by atoms with Crippen LogP contribution in [0.15, 0.2) is 53.0 Å². The zero-order valence-corrected chi connectivity index (χ0v) is 13.9. The molecule has 1 N–H and O–H groups in total. The Kier molecular flexibility index (Phi) is 5.06. The van der Waals surface area contributed by atoms with Gasteiger partial charge in [-0.2, -0.15) is 0 Å². The van der Waals surface area contributed by atoms with Crippen molar-refractivity contribution in [2.45, 2.75) is 19.4 Å². The standard InChI is InChI=1S/C15H15BrIN/c1-2-14(11-7-9-12(16)10-8-11)18-15-6-4-3-5-13(15)17/h3-10,14,18H,2H2,1H3. The maximum Gasteiger partial charge on any atom is 0.0511 e. The van der Waals surface area contributed by atoms with Crippen molar-refractivity contribution >= 4 is 44.2 Å². The van der Waals surface area contributed by atoms with Crippen LogP contribution in [0.4, 0.5) is 5.69 Å². The number of halogens is 2. The predicted octanol–water partition coefficient (Wildman–Crippen LogP) is 5.62. The summed E-state index contributed by atoms with van der Waals surface area (Å²) in [5.74, 6) is 0. The molecule has 0 aliphatic heterocycles. The number of hydrogen-bond acceptors (Lipinski definition) is 1. The van der Waals surface area contributed by atoms with Gasteiger partial charge in [0.05, 0.1) is 6.04 Å². The fourth-order valence-corrected chi connectivity index (χ4v) is 2.69. The van der Waals surface area contributed by atoms with Gasteiger partial charge in [0, 0.05) is 13.7 Å². The molecule has 0 heterocycles. The summed E-state index contributed by atoms with van der Waals surface area (Å²) in [4.78, 5) is 0. The van der Waals surface area contributed by atoms with Crippen LogP contribution in [0.5, 0.6) is 0 Å². The van der Waals surface area contributed by atoms with Crippen molar-refractivity contribution in [1.82, 2.24) is 0 Å². The van der Waals surface area contributed by atoms with E-state index in [9.17, 15) is 0 Å². The highest BCUT2D eigenvalue weighted by Gasteiger charge is 2.10. The molecular weight excluding hydrogens is 401 g/mol. The molecular formula is C15H15BrIN. The summed E-state index contributed by atoms with van der Waals surface area (Å²) >= 11 is 5.84. The molecule has 0 aliphatic carbocycles. The smallest absolute Gasteiger partial charge is 0.0511 e. The first-order valence-electron chi connectivity index (χ1n) is 5.97. The van der Waals surface area contributed by atoms with Gasteiger partial charge in [-0.3, -0.25) is 0 Å². The maximum atomic E-state index is 3.61. The zero-order valence-electron chi connectivity index (χ0n) is 10.2. The molecule has 2 rings (SSSR count). The van der Waals surface area contributed by atoms with Crippen molar-refractivity contribution in [3.8, 4) is 0 Å². The first kappa shape index (κ1) is 13.9. The fourth-order valence-electron chi connectivity index (χ4n) is 1.88. The topological polar surface area (TPSA) is 12.0 Å². The second kappa shape index (κ2) is 6.57. The quantitative estimate of drug-likeness (QED) is 0.639. The minimum atomic E-state index is 0.356. The lowest BCUT2D eigenvalue weighted by molar-refractivity contribution is 0.748. The molecule has 0 amide bonds. The molecule has 3 heteroatoms. The second-order valence-corrected chi connectivity index (χ2v) is 6.21. The van der Waals surface area contributed by atoms with E-state index in [-0.39, 0.29) is 0 Å². The Bertz CT molecular complexity index is 510. The largest absolute Gasteiger partial charge is 0.377 e. The molecule has 18 heavy (non-hydrogen) atoms. The molecule has 2 aromatic rings. The van der Waals surface area contributed by atoms with Crippen LogP contribution in [0.1, 0.15) is 24.9 Å². The summed E-state index contributed by atoms with van der Waals surface area (Å²) in [5, 5.41) is 3.61. The van der Waals surface area contributed by atoms with Gasteiger partial charge in [-0.05, 0) is 58.8 Å². The molecule has 1 atom stereocenters. The molecule has 0 spiro atoms. The predicted molar refractivity (Wildman–Crippen MR) is 90.0 cm³/mol. The summed E-state index contributed by atoms with van der Waals surface area (Å²) < 4.78 is 2.38. The van der Waals surface area contributed by atoms with Crippen LogP contribution in [0.25, 0.3) is 0 Å². The Morgan fingerprint density at radius 1 is 1.11 bits per heavy atom. The van der Waals surface area contributed by atoms with Crippen LogP contribution in [0.3, 0.4) is 0 Å². The highest BCUT2D eigenvalue weighted by Crippen LogP contribution is 2.26. The lowest BCUT2D eigenvalue weighted by Crippen LogP contribution is -2.10. The average Bonchev–Trinajstić information content (AvgIpc) is 2.39. The monoisotopic (exact) mass is 415 g/mol. The van der Waals surface area contributed by atoms with E-state index in [4.69, 9.17) is 0 Å². The molecule has 0 saturated heterocycles. The highest BCUT2D eigenvalue weighted by molar-refractivity contribution is 14.1. The number of hydrogen-bond donors (Lipinski definition) is 1. The molecule has 0 aromatic heterocycles. The maximum absolute atomic E-state index is 3.61. The van der Waals surface area contributed by atoms with Crippen molar-refractivity contribution in [3.05, 3.63) is 62.1 Å². The van der Waals surface area contributed by atoms with Gasteiger partial charge in [0.1, 0.15) is 0 Å². The van der Waals surface area contributed by atoms with Gasteiger partial charge < -0.3 is 5.32 Å². The van der Waals surface area contributed by atoms with Gasteiger partial charge in [0.2, 0.25) is 0 Å². The molecule has 0 fully saturated rings. The fraction of sp³-hybridized carbons (Fsp3) is 0.200. The Labute approximate surface area is 130 Å². The minimum absolute atomic E-state index is 0.356. The zero-order chi connectivity index (χ0) is 13.0. The molecule has 1 nitrogen and oxygen atoms in total. The minimum Gasteiger partial charge on any atom is -0.377 e. The molecule has 1 unspecified atom stereocenters. The van der Waals surface area contributed by atoms with E-state index >= 15 is 0 Å². The van der Waals surface area contributed by atoms with Crippen LogP contribution < -0.4 is 5.32 Å². The van der Waals surface area contributed by atoms with E-state index < -0.39 is 0 Å². The van der Waals surface area contributed by atoms with E-state index in [1.54, 1.807) is 0 Å². The van der Waals surface area contributed by atoms with Crippen LogP contribution in [-0.2, 0) is 0 Å². The van der Waals surface area contributed by atoms with Crippen LogP contribution in [0, 0.1) is 3.57 Å². The van der Waals surface area contributed by atoms with Crippen molar-refractivity contribution in [2.24, 2.45) is 0 Å². The van der Waals surface area contributed by atoms with Crippen molar-refractivity contribution in [3.63, 3.8) is 0 Å². The van der Waals surface area contributed by atoms with Crippen molar-refractivity contribution in [2.75, 3.05) is 5.32 Å². The summed E-state index contributed by atoms with van der Waals surface area (Å²) in [6.07, 6.45) is 1.06. The van der Waals surface area contributed by atoms with Crippen LogP contribution >= 0.6 is 38.5 Å². The third-order valence-corrected chi connectivity index (χ3v) is 4.35. The van der Waals surface area contributed by atoms with E-state index in [2.05, 4.69) is 99.3 Å². The van der Waals surface area contributed by atoms with E-state index in [1.165, 1.54) is 14.8 Å². The third kappa shape index (κ3) is 3.48. The SMILES string of the molecule is CCC(Nc1ccccc1I)c1ccc(Br)cc1. The first-order valence-corrected chi connectivity index (χ1v) is 7.84. The van der Waals surface area contributed by atoms with Gasteiger partial charge in [-0.25, -0.2) is 0 Å². The molecule has 94 valence electrons. The Balaban J connectivity index is 2.20. The van der Waals surface area contributed by atoms with Gasteiger partial charge >= 0.3 is 0 Å². The van der Waals surface area contributed by atoms with Gasteiger partial charge in [0.25, 0.3) is 0 Å². The number of para-hydroxylation sites is 1. The van der Waals surface area contributed by atoms with E-state index in [1.807, 2.05) is 0 Å². The summed E-state index contributed by atoms with van der Waals surface area (Å²) in [5.41, 5.74) is 2.52. The summed E-state index contributed by atoms with van der Waals surface area (Å²) in [6, 6.07) is 17.3. The number of anilines is 1. The first-order chi connectivity index (χ1) is 8.70. The van der Waals surface area contributed by atoms with Gasteiger partial charge in [-0.15, -0.1) is 0 Å². The lowest BCUT2D eigenvalue weighted by atomic mass is 10.0. The third-order valence-electron chi connectivity index (χ3n) is 2.88. The molecule has 0 aliphatic rings. The normalized spacial score (nSPS) is 12.2. The van der Waals surface area contributed by atoms with Crippen molar-refractivity contribution in [1.29, 1.82) is 0 Å². The van der Waals surface area contributed by atoms with E-state index in [0.29, 0.717) is 6.04 Å². The molecule has 0 radical (unpaired) electrons. The Morgan fingerprint density at radius 3 is 2.39 bits per heavy atom. The molecule has 0 bridgehead atoms. The lowest BCUT2D eigenvalue weighted by Gasteiger charge is -2.19. The van der Waals surface area contributed by atoms with E-state index in [0.717, 1.165) is 10.9 Å². The van der Waals surface area contributed by atoms with Crippen molar-refractivity contribution < 1.29 is 0 Å².